The van der Waals surface area contributed by atoms with Crippen molar-refractivity contribution in [1.82, 2.24) is 19.6 Å². The normalized spacial score (nSPS) is 31.0. The highest BCUT2D eigenvalue weighted by Gasteiger charge is 2.61. The predicted molar refractivity (Wildman–Crippen MR) is 102 cm³/mol. The molecule has 0 radical (unpaired) electrons. The lowest BCUT2D eigenvalue weighted by atomic mass is 9.68. The topological polar surface area (TPSA) is 41.4 Å². The van der Waals surface area contributed by atoms with Gasteiger partial charge in [-0.3, -0.25) is 14.4 Å². The molecule has 2 atom stereocenters. The molecular weight excluding hydrogens is 324 g/mol. The van der Waals surface area contributed by atoms with E-state index in [4.69, 9.17) is 0 Å². The number of nitrogens with zero attached hydrogens (tertiary/aromatic N) is 4. The van der Waals surface area contributed by atoms with Gasteiger partial charge in [-0.2, -0.15) is 5.10 Å². The van der Waals surface area contributed by atoms with Crippen LogP contribution < -0.4 is 0 Å². The monoisotopic (exact) mass is 356 g/mol. The van der Waals surface area contributed by atoms with Gasteiger partial charge >= 0.3 is 0 Å². The lowest BCUT2D eigenvalue weighted by Crippen LogP contribution is -2.53. The summed E-state index contributed by atoms with van der Waals surface area (Å²) < 4.78 is 1.97. The van der Waals surface area contributed by atoms with Gasteiger partial charge in [0.25, 0.3) is 0 Å². The van der Waals surface area contributed by atoms with Crippen molar-refractivity contribution in [1.29, 1.82) is 0 Å². The Labute approximate surface area is 157 Å². The van der Waals surface area contributed by atoms with Crippen LogP contribution in [0.4, 0.5) is 0 Å². The van der Waals surface area contributed by atoms with E-state index in [2.05, 4.69) is 48.4 Å². The van der Waals surface area contributed by atoms with E-state index in [1.807, 2.05) is 10.9 Å². The van der Waals surface area contributed by atoms with Gasteiger partial charge in [0.15, 0.2) is 0 Å². The maximum atomic E-state index is 13.4. The first kappa shape index (κ1) is 17.8. The van der Waals surface area contributed by atoms with Crippen molar-refractivity contribution in [3.8, 4) is 0 Å². The fraction of sp³-hybridized carbons (Fsp3) is 0.714. The van der Waals surface area contributed by atoms with E-state index in [0.29, 0.717) is 11.8 Å². The summed E-state index contributed by atoms with van der Waals surface area (Å²) >= 11 is 0. The minimum Gasteiger partial charge on any atom is -0.339 e. The van der Waals surface area contributed by atoms with Crippen LogP contribution in [0, 0.1) is 16.7 Å². The van der Waals surface area contributed by atoms with Crippen molar-refractivity contribution >= 4 is 5.91 Å². The molecule has 1 saturated heterocycles. The van der Waals surface area contributed by atoms with Crippen LogP contribution in [-0.2, 0) is 17.9 Å². The van der Waals surface area contributed by atoms with Crippen molar-refractivity contribution < 1.29 is 4.79 Å². The van der Waals surface area contributed by atoms with Crippen molar-refractivity contribution in [2.45, 2.75) is 53.1 Å². The molecule has 5 nitrogen and oxygen atoms in total. The van der Waals surface area contributed by atoms with Crippen LogP contribution in [0.1, 0.15) is 45.6 Å². The van der Waals surface area contributed by atoms with Gasteiger partial charge in [0.05, 0.1) is 11.6 Å². The highest BCUT2D eigenvalue weighted by atomic mass is 16.2. The van der Waals surface area contributed by atoms with Crippen molar-refractivity contribution in [2.75, 3.05) is 26.2 Å². The fourth-order valence-corrected chi connectivity index (χ4v) is 5.45. The average Bonchev–Trinajstić information content (AvgIpc) is 3.32. The second-order valence-electron chi connectivity index (χ2n) is 8.99. The Kier molecular flexibility index (Phi) is 4.25. The predicted octanol–water partition coefficient (Wildman–Crippen LogP) is 2.93. The largest absolute Gasteiger partial charge is 0.339 e. The molecule has 2 unspecified atom stereocenters. The van der Waals surface area contributed by atoms with Gasteiger partial charge in [0.2, 0.25) is 5.91 Å². The van der Waals surface area contributed by atoms with E-state index in [9.17, 15) is 4.79 Å². The molecule has 0 N–H and O–H groups in total. The van der Waals surface area contributed by atoms with Crippen LogP contribution >= 0.6 is 0 Å². The van der Waals surface area contributed by atoms with E-state index in [1.165, 1.54) is 17.6 Å². The van der Waals surface area contributed by atoms with Crippen LogP contribution in [0.25, 0.3) is 0 Å². The second-order valence-corrected chi connectivity index (χ2v) is 8.99. The van der Waals surface area contributed by atoms with Gasteiger partial charge in [0, 0.05) is 51.0 Å². The zero-order valence-electron chi connectivity index (χ0n) is 16.5. The number of fused-ring (bicyclic) bond motifs is 2. The third-order valence-electron chi connectivity index (χ3n) is 7.38. The molecule has 0 spiro atoms. The average molecular weight is 357 g/mol. The molecule has 3 aliphatic rings. The zero-order valence-corrected chi connectivity index (χ0v) is 16.5. The Morgan fingerprint density at radius 1 is 1.31 bits per heavy atom. The molecule has 2 heterocycles. The summed E-state index contributed by atoms with van der Waals surface area (Å²) in [5.74, 6) is 0.990. The van der Waals surface area contributed by atoms with Crippen LogP contribution in [0.15, 0.2) is 24.5 Å². The quantitative estimate of drug-likeness (QED) is 0.779. The SMILES string of the molecule is C=C1C2(C(=O)N3CCN(Cc4cnn(CC)c4)CC3)CCC(C2)C1(C)C. The van der Waals surface area contributed by atoms with Gasteiger partial charge in [-0.15, -0.1) is 0 Å². The Balaban J connectivity index is 1.37. The summed E-state index contributed by atoms with van der Waals surface area (Å²) in [6.45, 7) is 16.4. The van der Waals surface area contributed by atoms with Gasteiger partial charge in [-0.25, -0.2) is 0 Å². The Hall–Kier alpha value is -1.62. The first-order chi connectivity index (χ1) is 12.4. The number of hydrogen-bond acceptors (Lipinski definition) is 3. The van der Waals surface area contributed by atoms with E-state index in [1.54, 1.807) is 0 Å². The maximum Gasteiger partial charge on any atom is 0.232 e. The molecule has 2 aliphatic carbocycles. The molecular formula is C21H32N4O. The Morgan fingerprint density at radius 3 is 2.62 bits per heavy atom. The van der Waals surface area contributed by atoms with E-state index in [0.717, 1.165) is 52.1 Å². The first-order valence-electron chi connectivity index (χ1n) is 10.1. The molecule has 142 valence electrons. The highest BCUT2D eigenvalue weighted by molar-refractivity contribution is 5.87. The fourth-order valence-electron chi connectivity index (χ4n) is 5.45. The molecule has 3 fully saturated rings. The zero-order chi connectivity index (χ0) is 18.5. The van der Waals surface area contributed by atoms with E-state index >= 15 is 0 Å². The van der Waals surface area contributed by atoms with E-state index < -0.39 is 0 Å². The molecule has 1 aromatic heterocycles. The third-order valence-corrected chi connectivity index (χ3v) is 7.38. The number of aromatic nitrogens is 2. The van der Waals surface area contributed by atoms with E-state index in [-0.39, 0.29) is 10.8 Å². The van der Waals surface area contributed by atoms with Gasteiger partial charge in [-0.05, 0) is 37.5 Å². The smallest absolute Gasteiger partial charge is 0.232 e. The Bertz CT molecular complexity index is 713. The van der Waals surface area contributed by atoms with Crippen LogP contribution in [-0.4, -0.2) is 51.7 Å². The van der Waals surface area contributed by atoms with Crippen LogP contribution in [0.5, 0.6) is 0 Å². The minimum absolute atomic E-state index is 0.120. The summed E-state index contributed by atoms with van der Waals surface area (Å²) in [5.41, 5.74) is 2.31. The molecule has 1 aliphatic heterocycles. The number of hydrogen-bond donors (Lipinski definition) is 0. The molecule has 1 amide bonds. The van der Waals surface area contributed by atoms with Crippen molar-refractivity contribution in [2.24, 2.45) is 16.7 Å². The lowest BCUT2D eigenvalue weighted by molar-refractivity contribution is -0.141. The number of rotatable bonds is 4. The molecule has 2 bridgehead atoms. The van der Waals surface area contributed by atoms with Crippen LogP contribution in [0.2, 0.25) is 0 Å². The molecule has 1 aromatic rings. The number of amides is 1. The van der Waals surface area contributed by atoms with Crippen LogP contribution in [0.3, 0.4) is 0 Å². The minimum atomic E-state index is -0.265. The molecule has 0 aromatic carbocycles. The van der Waals surface area contributed by atoms with Crippen molar-refractivity contribution in [3.05, 3.63) is 30.1 Å². The third kappa shape index (κ3) is 2.63. The highest BCUT2D eigenvalue weighted by Crippen LogP contribution is 2.65. The number of carbonyl (C=O) groups excluding carboxylic acids is 1. The first-order valence-corrected chi connectivity index (χ1v) is 10.1. The number of aryl methyl sites for hydroxylation is 1. The molecule has 5 heteroatoms. The standard InChI is InChI=1S/C21H32N4O/c1-5-25-15-17(13-22-25)14-23-8-10-24(11-9-23)19(26)21-7-6-18(12-21)20(3,4)16(21)2/h13,15,18H,2,5-12,14H2,1,3-4H3. The maximum absolute atomic E-state index is 13.4. The van der Waals surface area contributed by atoms with Gasteiger partial charge in [0.1, 0.15) is 0 Å². The van der Waals surface area contributed by atoms with Gasteiger partial charge < -0.3 is 4.90 Å². The summed E-state index contributed by atoms with van der Waals surface area (Å²) in [6, 6.07) is 0. The summed E-state index contributed by atoms with van der Waals surface area (Å²) in [6.07, 6.45) is 7.30. The molecule has 2 saturated carbocycles. The van der Waals surface area contributed by atoms with Gasteiger partial charge in [-0.1, -0.05) is 26.0 Å². The number of piperazine rings is 1. The van der Waals surface area contributed by atoms with Crippen molar-refractivity contribution in [3.63, 3.8) is 0 Å². The number of carbonyl (C=O) groups is 1. The lowest BCUT2D eigenvalue weighted by Gasteiger charge is -2.42. The molecule has 4 rings (SSSR count). The molecule has 26 heavy (non-hydrogen) atoms. The summed E-state index contributed by atoms with van der Waals surface area (Å²) in [4.78, 5) is 18.0. The summed E-state index contributed by atoms with van der Waals surface area (Å²) in [5, 5.41) is 4.36. The Morgan fingerprint density at radius 2 is 2.04 bits per heavy atom. The second kappa shape index (κ2) is 6.22. The summed E-state index contributed by atoms with van der Waals surface area (Å²) in [7, 11) is 0.